The van der Waals surface area contributed by atoms with Crippen molar-refractivity contribution in [3.63, 3.8) is 0 Å². The first-order valence-electron chi connectivity index (χ1n) is 4.08. The number of carbonyl (C=O) groups excluding carboxylic acids is 1. The van der Waals surface area contributed by atoms with Gasteiger partial charge in [-0.25, -0.2) is 4.79 Å². The molecule has 2 N–H and O–H groups in total. The van der Waals surface area contributed by atoms with E-state index in [2.05, 4.69) is 4.98 Å². The van der Waals surface area contributed by atoms with E-state index in [0.29, 0.717) is 12.2 Å². The standard InChI is InChI=1S/C9H12N2O2/c1-2-13-9(12)8(10)7-4-3-5-11-6-7/h3-6,8H,2,10H2,1H3/t8-/m1/s1. The molecule has 4 nitrogen and oxygen atoms in total. The second-order valence-corrected chi connectivity index (χ2v) is 2.52. The van der Waals surface area contributed by atoms with Crippen LogP contribution in [0.1, 0.15) is 18.5 Å². The Bertz CT molecular complexity index is 274. The molecule has 0 aliphatic rings. The number of aromatic nitrogens is 1. The summed E-state index contributed by atoms with van der Waals surface area (Å²) >= 11 is 0. The maximum Gasteiger partial charge on any atom is 0.327 e. The Balaban J connectivity index is 2.68. The van der Waals surface area contributed by atoms with Crippen molar-refractivity contribution in [2.45, 2.75) is 13.0 Å². The fourth-order valence-corrected chi connectivity index (χ4v) is 0.928. The number of esters is 1. The topological polar surface area (TPSA) is 65.2 Å². The summed E-state index contributed by atoms with van der Waals surface area (Å²) in [6.07, 6.45) is 3.18. The van der Waals surface area contributed by atoms with Crippen LogP contribution in [0, 0.1) is 0 Å². The van der Waals surface area contributed by atoms with E-state index in [1.807, 2.05) is 0 Å². The van der Waals surface area contributed by atoms with Crippen LogP contribution < -0.4 is 5.73 Å². The fraction of sp³-hybridized carbons (Fsp3) is 0.333. The first-order valence-corrected chi connectivity index (χ1v) is 4.08. The molecule has 1 aromatic heterocycles. The van der Waals surface area contributed by atoms with Gasteiger partial charge in [0, 0.05) is 12.4 Å². The number of ether oxygens (including phenoxy) is 1. The summed E-state index contributed by atoms with van der Waals surface area (Å²) in [6.45, 7) is 2.08. The van der Waals surface area contributed by atoms with E-state index in [1.165, 1.54) is 0 Å². The highest BCUT2D eigenvalue weighted by molar-refractivity contribution is 5.77. The molecule has 0 amide bonds. The van der Waals surface area contributed by atoms with Gasteiger partial charge in [0.15, 0.2) is 0 Å². The van der Waals surface area contributed by atoms with Crippen molar-refractivity contribution in [2.24, 2.45) is 5.73 Å². The van der Waals surface area contributed by atoms with Crippen molar-refractivity contribution in [3.8, 4) is 0 Å². The summed E-state index contributed by atoms with van der Waals surface area (Å²) < 4.78 is 4.77. The average Bonchev–Trinajstić information content (AvgIpc) is 2.18. The second-order valence-electron chi connectivity index (χ2n) is 2.52. The smallest absolute Gasteiger partial charge is 0.327 e. The Hall–Kier alpha value is -1.42. The predicted octanol–water partition coefficient (Wildman–Crippen LogP) is 0.644. The molecule has 1 aromatic rings. The van der Waals surface area contributed by atoms with Gasteiger partial charge in [0.05, 0.1) is 6.61 Å². The lowest BCUT2D eigenvalue weighted by molar-refractivity contribution is -0.144. The lowest BCUT2D eigenvalue weighted by atomic mass is 10.1. The van der Waals surface area contributed by atoms with E-state index in [4.69, 9.17) is 10.5 Å². The first kappa shape index (κ1) is 9.67. The Labute approximate surface area is 76.7 Å². The minimum Gasteiger partial charge on any atom is -0.465 e. The number of hydrogen-bond acceptors (Lipinski definition) is 4. The van der Waals surface area contributed by atoms with E-state index in [0.717, 1.165) is 0 Å². The van der Waals surface area contributed by atoms with Gasteiger partial charge >= 0.3 is 5.97 Å². The van der Waals surface area contributed by atoms with E-state index < -0.39 is 12.0 Å². The highest BCUT2D eigenvalue weighted by Gasteiger charge is 2.16. The molecular formula is C9H12N2O2. The lowest BCUT2D eigenvalue weighted by Gasteiger charge is -2.09. The van der Waals surface area contributed by atoms with Crippen LogP contribution in [0.5, 0.6) is 0 Å². The minimum atomic E-state index is -0.728. The molecule has 0 spiro atoms. The van der Waals surface area contributed by atoms with Gasteiger partial charge in [-0.3, -0.25) is 4.98 Å². The Morgan fingerprint density at radius 1 is 1.77 bits per heavy atom. The van der Waals surface area contributed by atoms with Crippen LogP contribution in [-0.2, 0) is 9.53 Å². The Morgan fingerprint density at radius 3 is 3.08 bits per heavy atom. The Morgan fingerprint density at radius 2 is 2.54 bits per heavy atom. The van der Waals surface area contributed by atoms with Gasteiger partial charge < -0.3 is 10.5 Å². The van der Waals surface area contributed by atoms with Gasteiger partial charge in [0.25, 0.3) is 0 Å². The highest BCUT2D eigenvalue weighted by atomic mass is 16.5. The molecule has 0 saturated heterocycles. The zero-order valence-corrected chi connectivity index (χ0v) is 7.43. The number of nitrogens with zero attached hydrogens (tertiary/aromatic N) is 1. The number of pyridine rings is 1. The summed E-state index contributed by atoms with van der Waals surface area (Å²) in [5, 5.41) is 0. The van der Waals surface area contributed by atoms with Crippen LogP contribution in [0.25, 0.3) is 0 Å². The van der Waals surface area contributed by atoms with Crippen LogP contribution in [0.3, 0.4) is 0 Å². The molecule has 0 saturated carbocycles. The van der Waals surface area contributed by atoms with Crippen LogP contribution in [-0.4, -0.2) is 17.6 Å². The van der Waals surface area contributed by atoms with Crippen LogP contribution in [0.15, 0.2) is 24.5 Å². The van der Waals surface area contributed by atoms with Gasteiger partial charge in [0.1, 0.15) is 6.04 Å². The summed E-state index contributed by atoms with van der Waals surface area (Å²) in [6, 6.07) is 2.75. The fourth-order valence-electron chi connectivity index (χ4n) is 0.928. The number of hydrogen-bond donors (Lipinski definition) is 1. The van der Waals surface area contributed by atoms with E-state index in [-0.39, 0.29) is 0 Å². The van der Waals surface area contributed by atoms with E-state index >= 15 is 0 Å². The van der Waals surface area contributed by atoms with Gasteiger partial charge in [0.2, 0.25) is 0 Å². The third kappa shape index (κ3) is 2.52. The molecule has 1 atom stereocenters. The molecule has 0 aliphatic heterocycles. The molecule has 1 heterocycles. The Kier molecular flexibility index (Phi) is 3.40. The molecule has 4 heteroatoms. The monoisotopic (exact) mass is 180 g/mol. The molecular weight excluding hydrogens is 168 g/mol. The zero-order chi connectivity index (χ0) is 9.68. The maximum absolute atomic E-state index is 11.2. The lowest BCUT2D eigenvalue weighted by Crippen LogP contribution is -2.23. The van der Waals surface area contributed by atoms with Crippen molar-refractivity contribution >= 4 is 5.97 Å². The van der Waals surface area contributed by atoms with Crippen molar-refractivity contribution in [3.05, 3.63) is 30.1 Å². The predicted molar refractivity (Wildman–Crippen MR) is 47.8 cm³/mol. The summed E-state index contributed by atoms with van der Waals surface area (Å²) in [7, 11) is 0. The number of carbonyl (C=O) groups is 1. The molecule has 0 bridgehead atoms. The van der Waals surface area contributed by atoms with E-state index in [1.54, 1.807) is 31.5 Å². The molecule has 0 aliphatic carbocycles. The van der Waals surface area contributed by atoms with Crippen LogP contribution >= 0.6 is 0 Å². The quantitative estimate of drug-likeness (QED) is 0.693. The second kappa shape index (κ2) is 4.57. The molecule has 0 aromatic carbocycles. The highest BCUT2D eigenvalue weighted by Crippen LogP contribution is 2.09. The third-order valence-corrected chi connectivity index (χ3v) is 1.58. The van der Waals surface area contributed by atoms with Gasteiger partial charge in [-0.1, -0.05) is 6.07 Å². The van der Waals surface area contributed by atoms with Crippen molar-refractivity contribution in [2.75, 3.05) is 6.61 Å². The molecule has 13 heavy (non-hydrogen) atoms. The summed E-state index contributed by atoms with van der Waals surface area (Å²) in [4.78, 5) is 15.0. The average molecular weight is 180 g/mol. The molecule has 0 unspecified atom stereocenters. The normalized spacial score (nSPS) is 12.2. The van der Waals surface area contributed by atoms with Gasteiger partial charge in [-0.15, -0.1) is 0 Å². The summed E-state index contributed by atoms with van der Waals surface area (Å²) in [5.74, 6) is -0.421. The molecule has 70 valence electrons. The number of nitrogens with two attached hydrogens (primary N) is 1. The largest absolute Gasteiger partial charge is 0.465 e. The van der Waals surface area contributed by atoms with Gasteiger partial charge in [-0.05, 0) is 18.6 Å². The first-order chi connectivity index (χ1) is 6.25. The SMILES string of the molecule is CCOC(=O)[C@H](N)c1cccnc1. The third-order valence-electron chi connectivity index (χ3n) is 1.58. The van der Waals surface area contributed by atoms with Crippen molar-refractivity contribution < 1.29 is 9.53 Å². The number of rotatable bonds is 3. The van der Waals surface area contributed by atoms with E-state index in [9.17, 15) is 4.79 Å². The summed E-state index contributed by atoms with van der Waals surface area (Å²) in [5.41, 5.74) is 6.28. The molecule has 0 radical (unpaired) electrons. The maximum atomic E-state index is 11.2. The van der Waals surface area contributed by atoms with Gasteiger partial charge in [-0.2, -0.15) is 0 Å². The zero-order valence-electron chi connectivity index (χ0n) is 7.43. The van der Waals surface area contributed by atoms with Crippen molar-refractivity contribution in [1.82, 2.24) is 4.98 Å². The van der Waals surface area contributed by atoms with Crippen LogP contribution in [0.2, 0.25) is 0 Å². The molecule has 1 rings (SSSR count). The van der Waals surface area contributed by atoms with Crippen LogP contribution in [0.4, 0.5) is 0 Å². The van der Waals surface area contributed by atoms with Crippen molar-refractivity contribution in [1.29, 1.82) is 0 Å². The minimum absolute atomic E-state index is 0.340. The molecule has 0 fully saturated rings.